The lowest BCUT2D eigenvalue weighted by molar-refractivity contribution is -0.127. The van der Waals surface area contributed by atoms with E-state index in [0.717, 1.165) is 38.0 Å². The third-order valence-electron chi connectivity index (χ3n) is 6.29. The molecule has 166 valence electrons. The molecule has 0 bridgehead atoms. The lowest BCUT2D eigenvalue weighted by Crippen LogP contribution is -2.45. The number of likely N-dealkylation sites (tertiary alicyclic amines) is 1. The molecule has 1 aliphatic heterocycles. The standard InChI is InChI=1S/C28H31FN2O/c1-21-6-5-9-24(16-21)25-17-26(28(32)30-15-14-22-7-3-2-4-8-22)20-31(19-25)18-23-10-12-27(29)13-11-23/h2-13,16,25-26H,14-15,17-20H2,1H3,(H,30,32)/t25-,26-/m0/s1. The molecule has 0 unspecified atom stereocenters. The maximum absolute atomic E-state index is 13.3. The van der Waals surface area contributed by atoms with E-state index in [1.54, 1.807) is 0 Å². The number of carbonyl (C=O) groups excluding carboxylic acids is 1. The normalized spacial score (nSPS) is 18.9. The number of rotatable bonds is 7. The minimum absolute atomic E-state index is 0.0644. The van der Waals surface area contributed by atoms with Gasteiger partial charge in [0.1, 0.15) is 5.82 Å². The van der Waals surface area contributed by atoms with Crippen molar-refractivity contribution in [1.29, 1.82) is 0 Å². The number of carbonyl (C=O) groups is 1. The summed E-state index contributed by atoms with van der Waals surface area (Å²) in [5.41, 5.74) is 4.82. The molecule has 1 heterocycles. The predicted molar refractivity (Wildman–Crippen MR) is 127 cm³/mol. The van der Waals surface area contributed by atoms with Crippen LogP contribution in [0.3, 0.4) is 0 Å². The number of hydrogen-bond donors (Lipinski definition) is 1. The van der Waals surface area contributed by atoms with E-state index in [0.29, 0.717) is 12.5 Å². The fourth-order valence-corrected chi connectivity index (χ4v) is 4.64. The highest BCUT2D eigenvalue weighted by molar-refractivity contribution is 5.79. The Labute approximate surface area is 190 Å². The molecular weight excluding hydrogens is 399 g/mol. The molecule has 4 rings (SSSR count). The Morgan fingerprint density at radius 2 is 1.75 bits per heavy atom. The van der Waals surface area contributed by atoms with Gasteiger partial charge in [0.15, 0.2) is 0 Å². The number of amides is 1. The second kappa shape index (κ2) is 10.6. The van der Waals surface area contributed by atoms with Crippen molar-refractivity contribution in [3.05, 3.63) is 107 Å². The summed E-state index contributed by atoms with van der Waals surface area (Å²) < 4.78 is 13.3. The van der Waals surface area contributed by atoms with E-state index in [-0.39, 0.29) is 17.6 Å². The first-order chi connectivity index (χ1) is 15.6. The highest BCUT2D eigenvalue weighted by atomic mass is 19.1. The first kappa shape index (κ1) is 22.2. The van der Waals surface area contributed by atoms with Crippen LogP contribution in [0.2, 0.25) is 0 Å². The van der Waals surface area contributed by atoms with Gasteiger partial charge >= 0.3 is 0 Å². The van der Waals surface area contributed by atoms with Gasteiger partial charge in [-0.2, -0.15) is 0 Å². The molecule has 1 N–H and O–H groups in total. The van der Waals surface area contributed by atoms with Gasteiger partial charge in [-0.3, -0.25) is 9.69 Å². The maximum Gasteiger partial charge on any atom is 0.224 e. The van der Waals surface area contributed by atoms with Crippen LogP contribution in [-0.2, 0) is 17.8 Å². The Bertz CT molecular complexity index is 1020. The molecule has 1 amide bonds. The van der Waals surface area contributed by atoms with Crippen molar-refractivity contribution < 1.29 is 9.18 Å². The van der Waals surface area contributed by atoms with Gasteiger partial charge in [-0.25, -0.2) is 4.39 Å². The minimum atomic E-state index is -0.222. The van der Waals surface area contributed by atoms with Crippen LogP contribution in [0.4, 0.5) is 4.39 Å². The molecule has 3 aromatic rings. The van der Waals surface area contributed by atoms with Crippen LogP contribution in [-0.4, -0.2) is 30.4 Å². The first-order valence-electron chi connectivity index (χ1n) is 11.4. The van der Waals surface area contributed by atoms with E-state index < -0.39 is 0 Å². The fraction of sp³-hybridized carbons (Fsp3) is 0.321. The van der Waals surface area contributed by atoms with Crippen LogP contribution < -0.4 is 5.32 Å². The summed E-state index contributed by atoms with van der Waals surface area (Å²) in [6, 6.07) is 25.5. The van der Waals surface area contributed by atoms with Crippen molar-refractivity contribution in [3.63, 3.8) is 0 Å². The van der Waals surface area contributed by atoms with Crippen molar-refractivity contribution >= 4 is 5.91 Å². The van der Waals surface area contributed by atoms with Crippen molar-refractivity contribution in [1.82, 2.24) is 10.2 Å². The van der Waals surface area contributed by atoms with Gasteiger partial charge < -0.3 is 5.32 Å². The highest BCUT2D eigenvalue weighted by Crippen LogP contribution is 2.31. The molecule has 1 fully saturated rings. The second-order valence-corrected chi connectivity index (χ2v) is 8.89. The Morgan fingerprint density at radius 3 is 2.50 bits per heavy atom. The second-order valence-electron chi connectivity index (χ2n) is 8.89. The monoisotopic (exact) mass is 430 g/mol. The molecule has 32 heavy (non-hydrogen) atoms. The number of nitrogens with zero attached hydrogens (tertiary/aromatic N) is 1. The summed E-state index contributed by atoms with van der Waals surface area (Å²) in [5, 5.41) is 3.16. The SMILES string of the molecule is Cc1cccc([C@H]2C[C@H](C(=O)NCCc3ccccc3)CN(Cc3ccc(F)cc3)C2)c1. The molecule has 3 nitrogen and oxygen atoms in total. The molecule has 0 aromatic heterocycles. The van der Waals surface area contributed by atoms with Crippen LogP contribution in [0, 0.1) is 18.7 Å². The van der Waals surface area contributed by atoms with Crippen LogP contribution in [0.1, 0.15) is 34.6 Å². The molecule has 3 aromatic carbocycles. The van der Waals surface area contributed by atoms with Crippen molar-refractivity contribution in [3.8, 4) is 0 Å². The number of aryl methyl sites for hydroxylation is 1. The third kappa shape index (κ3) is 6.04. The summed E-state index contributed by atoms with van der Waals surface area (Å²) in [5.74, 6) is 0.141. The molecule has 4 heteroatoms. The quantitative estimate of drug-likeness (QED) is 0.566. The molecule has 0 radical (unpaired) electrons. The van der Waals surface area contributed by atoms with E-state index in [2.05, 4.69) is 53.5 Å². The number of benzene rings is 3. The maximum atomic E-state index is 13.3. The number of nitrogens with one attached hydrogen (secondary N) is 1. The number of hydrogen-bond acceptors (Lipinski definition) is 2. The van der Waals surface area contributed by atoms with Crippen LogP contribution in [0.5, 0.6) is 0 Å². The van der Waals surface area contributed by atoms with Gasteiger partial charge in [-0.15, -0.1) is 0 Å². The van der Waals surface area contributed by atoms with Crippen LogP contribution in [0.25, 0.3) is 0 Å². The zero-order valence-corrected chi connectivity index (χ0v) is 18.6. The average molecular weight is 431 g/mol. The Morgan fingerprint density at radius 1 is 0.969 bits per heavy atom. The molecule has 1 aliphatic rings. The lowest BCUT2D eigenvalue weighted by Gasteiger charge is -2.37. The highest BCUT2D eigenvalue weighted by Gasteiger charge is 2.32. The summed E-state index contributed by atoms with van der Waals surface area (Å²) in [4.78, 5) is 15.4. The number of piperidine rings is 1. The van der Waals surface area contributed by atoms with Gasteiger partial charge in [-0.05, 0) is 54.5 Å². The van der Waals surface area contributed by atoms with Crippen LogP contribution in [0.15, 0.2) is 78.9 Å². The van der Waals surface area contributed by atoms with E-state index in [1.165, 1.54) is 28.8 Å². The molecule has 2 atom stereocenters. The average Bonchev–Trinajstić information content (AvgIpc) is 2.81. The lowest BCUT2D eigenvalue weighted by atomic mass is 9.83. The smallest absolute Gasteiger partial charge is 0.224 e. The van der Waals surface area contributed by atoms with E-state index in [4.69, 9.17) is 0 Å². The zero-order valence-electron chi connectivity index (χ0n) is 18.6. The van der Waals surface area contributed by atoms with Gasteiger partial charge in [0.05, 0.1) is 5.92 Å². The predicted octanol–water partition coefficient (Wildman–Crippen LogP) is 5.10. The third-order valence-corrected chi connectivity index (χ3v) is 6.29. The molecule has 1 saturated heterocycles. The Kier molecular flexibility index (Phi) is 7.33. The van der Waals surface area contributed by atoms with E-state index in [1.807, 2.05) is 30.3 Å². The molecule has 0 saturated carbocycles. The van der Waals surface area contributed by atoms with Gasteiger partial charge in [0, 0.05) is 26.2 Å². The van der Waals surface area contributed by atoms with Crippen LogP contribution >= 0.6 is 0 Å². The van der Waals surface area contributed by atoms with E-state index in [9.17, 15) is 9.18 Å². The van der Waals surface area contributed by atoms with Gasteiger partial charge in [0.2, 0.25) is 5.91 Å². The topological polar surface area (TPSA) is 32.3 Å². The van der Waals surface area contributed by atoms with Gasteiger partial charge in [-0.1, -0.05) is 72.3 Å². The Hall–Kier alpha value is -2.98. The summed E-state index contributed by atoms with van der Waals surface area (Å²) in [7, 11) is 0. The largest absolute Gasteiger partial charge is 0.355 e. The van der Waals surface area contributed by atoms with Crippen molar-refractivity contribution in [2.24, 2.45) is 5.92 Å². The first-order valence-corrected chi connectivity index (χ1v) is 11.4. The summed E-state index contributed by atoms with van der Waals surface area (Å²) in [6.45, 7) is 5.09. The van der Waals surface area contributed by atoms with Gasteiger partial charge in [0.25, 0.3) is 0 Å². The molecular formula is C28H31FN2O. The molecule has 0 spiro atoms. The summed E-state index contributed by atoms with van der Waals surface area (Å²) in [6.07, 6.45) is 1.68. The van der Waals surface area contributed by atoms with E-state index >= 15 is 0 Å². The summed E-state index contributed by atoms with van der Waals surface area (Å²) >= 11 is 0. The zero-order chi connectivity index (χ0) is 22.3. The minimum Gasteiger partial charge on any atom is -0.355 e. The Balaban J connectivity index is 1.44. The molecule has 0 aliphatic carbocycles. The fourth-order valence-electron chi connectivity index (χ4n) is 4.64. The van der Waals surface area contributed by atoms with Crippen molar-refractivity contribution in [2.75, 3.05) is 19.6 Å². The van der Waals surface area contributed by atoms with Crippen molar-refractivity contribution in [2.45, 2.75) is 32.2 Å². The number of halogens is 1.